The highest BCUT2D eigenvalue weighted by atomic mass is 19.1. The normalized spacial score (nSPS) is 42.9. The lowest BCUT2D eigenvalue weighted by molar-refractivity contribution is -0.137. The van der Waals surface area contributed by atoms with Gasteiger partial charge in [-0.3, -0.25) is 9.18 Å². The van der Waals surface area contributed by atoms with Gasteiger partial charge in [0.2, 0.25) is 5.91 Å². The Morgan fingerprint density at radius 1 is 1.07 bits per heavy atom. The molecule has 5 aliphatic carbocycles. The highest BCUT2D eigenvalue weighted by Crippen LogP contribution is 2.77. The lowest BCUT2D eigenvalue weighted by Gasteiger charge is -2.41. The zero-order chi connectivity index (χ0) is 20.1. The first-order chi connectivity index (χ1) is 14.0. The quantitative estimate of drug-likeness (QED) is 0.741. The summed E-state index contributed by atoms with van der Waals surface area (Å²) in [6.07, 6.45) is 9.90. The van der Waals surface area contributed by atoms with E-state index in [0.29, 0.717) is 18.3 Å². The van der Waals surface area contributed by atoms with Gasteiger partial charge in [-0.1, -0.05) is 30.3 Å². The Hall–Kier alpha value is -1.42. The summed E-state index contributed by atoms with van der Waals surface area (Å²) < 4.78 is 13.8. The molecule has 3 nitrogen and oxygen atoms in total. The van der Waals surface area contributed by atoms with Crippen LogP contribution in [0.3, 0.4) is 0 Å². The SMILES string of the molecule is NC[C@H]1CC[C@@H](NC(=O)C23CC4C[C@](c5ccccc5)(C2)C[C@@]3(CCF)C4)CC1. The maximum absolute atomic E-state index is 13.8. The van der Waals surface area contributed by atoms with Crippen molar-refractivity contribution in [3.05, 3.63) is 35.9 Å². The molecule has 0 aromatic heterocycles. The van der Waals surface area contributed by atoms with Crippen LogP contribution in [0.1, 0.15) is 69.8 Å². The van der Waals surface area contributed by atoms with Crippen molar-refractivity contribution < 1.29 is 9.18 Å². The standard InChI is InChI=1S/C25H35FN2O/c26-11-10-24-13-19-12-23(16-24,20-4-2-1-3-5-20)17-25(24,14-19)22(29)28-21-8-6-18(15-27)7-9-21/h1-5,18-19,21H,6-17,27H2,(H,28,29)/t18-,19?,21+,23-,24-,25?/m1/s1. The van der Waals surface area contributed by atoms with Crippen molar-refractivity contribution in [1.29, 1.82) is 0 Å². The summed E-state index contributed by atoms with van der Waals surface area (Å²) in [5.41, 5.74) is 6.74. The molecule has 0 saturated heterocycles. The Morgan fingerprint density at radius 2 is 1.83 bits per heavy atom. The molecule has 4 bridgehead atoms. The summed E-state index contributed by atoms with van der Waals surface area (Å²) in [6, 6.07) is 11.0. The largest absolute Gasteiger partial charge is 0.353 e. The Balaban J connectivity index is 1.43. The Labute approximate surface area is 174 Å². The first-order valence-corrected chi connectivity index (χ1v) is 11.7. The molecule has 1 aromatic carbocycles. The number of nitrogens with two attached hydrogens (primary N) is 1. The minimum atomic E-state index is -0.372. The number of hydrogen-bond acceptors (Lipinski definition) is 2. The summed E-state index contributed by atoms with van der Waals surface area (Å²) in [6.45, 7) is 0.444. The van der Waals surface area contributed by atoms with Crippen LogP contribution in [-0.4, -0.2) is 25.2 Å². The third-order valence-electron chi connectivity index (χ3n) is 9.24. The van der Waals surface area contributed by atoms with E-state index in [-0.39, 0.29) is 34.9 Å². The number of benzene rings is 1. The van der Waals surface area contributed by atoms with Gasteiger partial charge in [-0.05, 0) is 99.0 Å². The van der Waals surface area contributed by atoms with Gasteiger partial charge in [-0.25, -0.2) is 0 Å². The second-order valence-electron chi connectivity index (χ2n) is 10.7. The van der Waals surface area contributed by atoms with Crippen LogP contribution >= 0.6 is 0 Å². The van der Waals surface area contributed by atoms with E-state index in [1.54, 1.807) is 0 Å². The van der Waals surface area contributed by atoms with E-state index in [1.807, 2.05) is 0 Å². The second-order valence-corrected chi connectivity index (χ2v) is 10.7. The molecule has 3 N–H and O–H groups in total. The van der Waals surface area contributed by atoms with E-state index in [2.05, 4.69) is 35.6 Å². The van der Waals surface area contributed by atoms with Crippen LogP contribution in [0, 0.1) is 22.7 Å². The summed E-state index contributed by atoms with van der Waals surface area (Å²) in [5.74, 6) is 1.41. The summed E-state index contributed by atoms with van der Waals surface area (Å²) in [4.78, 5) is 13.8. The van der Waals surface area contributed by atoms with Crippen molar-refractivity contribution in [3.63, 3.8) is 0 Å². The topological polar surface area (TPSA) is 55.1 Å². The minimum Gasteiger partial charge on any atom is -0.353 e. The Bertz CT molecular complexity index is 761. The highest BCUT2D eigenvalue weighted by Gasteiger charge is 2.74. The average molecular weight is 399 g/mol. The molecule has 158 valence electrons. The van der Waals surface area contributed by atoms with E-state index in [4.69, 9.17) is 5.73 Å². The van der Waals surface area contributed by atoms with Crippen LogP contribution in [0.15, 0.2) is 30.3 Å². The molecule has 29 heavy (non-hydrogen) atoms. The summed E-state index contributed by atoms with van der Waals surface area (Å²) in [7, 11) is 0. The number of amides is 1. The van der Waals surface area contributed by atoms with Gasteiger partial charge in [0.1, 0.15) is 0 Å². The molecule has 4 atom stereocenters. The van der Waals surface area contributed by atoms with Gasteiger partial charge in [0.15, 0.2) is 0 Å². The molecule has 5 saturated carbocycles. The van der Waals surface area contributed by atoms with Crippen molar-refractivity contribution in [2.45, 2.75) is 75.7 Å². The molecule has 4 heteroatoms. The first kappa shape index (κ1) is 19.5. The molecule has 6 rings (SSSR count). The summed E-state index contributed by atoms with van der Waals surface area (Å²) >= 11 is 0. The second kappa shape index (κ2) is 7.08. The van der Waals surface area contributed by atoms with Gasteiger partial charge < -0.3 is 11.1 Å². The molecule has 1 amide bonds. The molecule has 1 aromatic rings. The molecular weight excluding hydrogens is 363 g/mol. The minimum absolute atomic E-state index is 0.0617. The zero-order valence-corrected chi connectivity index (χ0v) is 17.5. The smallest absolute Gasteiger partial charge is 0.227 e. The van der Waals surface area contributed by atoms with Gasteiger partial charge in [0.25, 0.3) is 0 Å². The molecular formula is C25H35FN2O. The fourth-order valence-corrected chi connectivity index (χ4v) is 8.16. The highest BCUT2D eigenvalue weighted by molar-refractivity contribution is 5.86. The van der Waals surface area contributed by atoms with Crippen molar-refractivity contribution in [3.8, 4) is 0 Å². The van der Waals surface area contributed by atoms with Gasteiger partial charge in [-0.15, -0.1) is 0 Å². The van der Waals surface area contributed by atoms with Crippen molar-refractivity contribution >= 4 is 5.91 Å². The lowest BCUT2D eigenvalue weighted by atomic mass is 9.63. The van der Waals surface area contributed by atoms with E-state index in [9.17, 15) is 9.18 Å². The zero-order valence-electron chi connectivity index (χ0n) is 17.5. The van der Waals surface area contributed by atoms with Gasteiger partial charge in [0, 0.05) is 6.04 Å². The van der Waals surface area contributed by atoms with Crippen LogP contribution in [0.4, 0.5) is 4.39 Å². The molecule has 0 radical (unpaired) electrons. The van der Waals surface area contributed by atoms with Crippen LogP contribution in [0.5, 0.6) is 0 Å². The molecule has 5 aliphatic rings. The number of halogens is 1. The number of carbonyl (C=O) groups is 1. The van der Waals surface area contributed by atoms with Crippen molar-refractivity contribution in [2.75, 3.05) is 13.2 Å². The van der Waals surface area contributed by atoms with Gasteiger partial charge in [-0.2, -0.15) is 0 Å². The van der Waals surface area contributed by atoms with E-state index >= 15 is 0 Å². The number of hydrogen-bond donors (Lipinski definition) is 2. The Kier molecular flexibility index (Phi) is 4.77. The predicted molar refractivity (Wildman–Crippen MR) is 113 cm³/mol. The van der Waals surface area contributed by atoms with Gasteiger partial charge >= 0.3 is 0 Å². The molecule has 0 aliphatic heterocycles. The predicted octanol–water partition coefficient (Wildman–Crippen LogP) is 4.50. The fraction of sp³-hybridized carbons (Fsp3) is 0.720. The molecule has 0 heterocycles. The van der Waals surface area contributed by atoms with Crippen LogP contribution in [0.25, 0.3) is 0 Å². The number of nitrogens with one attached hydrogen (secondary N) is 1. The molecule has 0 spiro atoms. The third-order valence-corrected chi connectivity index (χ3v) is 9.24. The maximum atomic E-state index is 13.8. The fourth-order valence-electron chi connectivity index (χ4n) is 8.16. The van der Waals surface area contributed by atoms with E-state index in [0.717, 1.165) is 57.9 Å². The van der Waals surface area contributed by atoms with E-state index in [1.165, 1.54) is 12.0 Å². The van der Waals surface area contributed by atoms with Crippen LogP contribution < -0.4 is 11.1 Å². The lowest BCUT2D eigenvalue weighted by Crippen LogP contribution is -2.51. The monoisotopic (exact) mass is 398 g/mol. The average Bonchev–Trinajstić information content (AvgIpc) is 3.08. The maximum Gasteiger partial charge on any atom is 0.227 e. The number of alkyl halides is 1. The Morgan fingerprint density at radius 3 is 2.52 bits per heavy atom. The summed E-state index contributed by atoms with van der Waals surface area (Å²) in [5, 5.41) is 3.46. The van der Waals surface area contributed by atoms with Crippen LogP contribution in [0.2, 0.25) is 0 Å². The third kappa shape index (κ3) is 2.89. The van der Waals surface area contributed by atoms with Crippen LogP contribution in [-0.2, 0) is 10.2 Å². The van der Waals surface area contributed by atoms with Crippen molar-refractivity contribution in [1.82, 2.24) is 5.32 Å². The van der Waals surface area contributed by atoms with Gasteiger partial charge in [0.05, 0.1) is 12.1 Å². The van der Waals surface area contributed by atoms with Crippen molar-refractivity contribution in [2.24, 2.45) is 28.4 Å². The number of carbonyl (C=O) groups excluding carboxylic acids is 1. The number of rotatable bonds is 6. The molecule has 2 unspecified atom stereocenters. The molecule has 5 fully saturated rings. The van der Waals surface area contributed by atoms with E-state index < -0.39 is 0 Å². The first-order valence-electron chi connectivity index (χ1n) is 11.7.